The molecular formula is C21H33N3O4. The van der Waals surface area contributed by atoms with Crippen molar-refractivity contribution < 1.29 is 19.4 Å². The van der Waals surface area contributed by atoms with Crippen LogP contribution in [0.1, 0.15) is 31.7 Å². The maximum Gasteiger partial charge on any atom is 0.317 e. The van der Waals surface area contributed by atoms with Crippen molar-refractivity contribution in [3.63, 3.8) is 0 Å². The Morgan fingerprint density at radius 3 is 2.86 bits per heavy atom. The van der Waals surface area contributed by atoms with E-state index in [1.165, 1.54) is 0 Å². The molecule has 1 amide bonds. The zero-order valence-corrected chi connectivity index (χ0v) is 17.2. The molecule has 7 nitrogen and oxygen atoms in total. The maximum atomic E-state index is 12.5. The molecule has 2 unspecified atom stereocenters. The first-order valence-corrected chi connectivity index (χ1v) is 10.00. The van der Waals surface area contributed by atoms with Crippen molar-refractivity contribution in [3.8, 4) is 5.75 Å². The van der Waals surface area contributed by atoms with Crippen LogP contribution in [0.2, 0.25) is 0 Å². The monoisotopic (exact) mass is 391 g/mol. The summed E-state index contributed by atoms with van der Waals surface area (Å²) in [5.41, 5.74) is 1.14. The van der Waals surface area contributed by atoms with Gasteiger partial charge in [-0.25, -0.2) is 0 Å². The van der Waals surface area contributed by atoms with Gasteiger partial charge >= 0.3 is 5.97 Å². The summed E-state index contributed by atoms with van der Waals surface area (Å²) in [6, 6.07) is 7.89. The Hall–Kier alpha value is -2.12. The summed E-state index contributed by atoms with van der Waals surface area (Å²) < 4.78 is 5.67. The van der Waals surface area contributed by atoms with Crippen LogP contribution in [0.5, 0.6) is 5.75 Å². The third-order valence-corrected chi connectivity index (χ3v) is 5.33. The van der Waals surface area contributed by atoms with Gasteiger partial charge in [0.1, 0.15) is 12.4 Å². The number of nitrogens with one attached hydrogen (secondary N) is 1. The number of ether oxygens (including phenoxy) is 1. The van der Waals surface area contributed by atoms with E-state index in [1.54, 1.807) is 0 Å². The lowest BCUT2D eigenvalue weighted by molar-refractivity contribution is -0.138. The van der Waals surface area contributed by atoms with E-state index < -0.39 is 5.97 Å². The maximum absolute atomic E-state index is 12.5. The minimum atomic E-state index is -0.802. The molecule has 28 heavy (non-hydrogen) atoms. The Balaban J connectivity index is 1.72. The van der Waals surface area contributed by atoms with Crippen molar-refractivity contribution in [2.24, 2.45) is 0 Å². The average molecular weight is 392 g/mol. The third kappa shape index (κ3) is 7.13. The van der Waals surface area contributed by atoms with Crippen LogP contribution in [0.3, 0.4) is 0 Å². The number of likely N-dealkylation sites (tertiary alicyclic amines) is 1. The summed E-state index contributed by atoms with van der Waals surface area (Å²) >= 11 is 0. The fraction of sp³-hybridized carbons (Fsp3) is 0.619. The first kappa shape index (κ1) is 22.2. The number of hydrogen-bond donors (Lipinski definition) is 2. The van der Waals surface area contributed by atoms with E-state index in [0.717, 1.165) is 43.7 Å². The van der Waals surface area contributed by atoms with Gasteiger partial charge in [-0.2, -0.15) is 0 Å². The molecule has 2 rings (SSSR count). The number of aliphatic carboxylic acids is 1. The standard InChI is InChI=1S/C21H33N3O4/c1-16-6-4-8-19(14-16)28-13-10-22-21(27)17(2)24-11-5-7-18(9-12-24)23(3)15-20(25)26/h4,6,8,14,17-18H,5,7,9-13,15H2,1-3H3,(H,22,27)(H,25,26). The van der Waals surface area contributed by atoms with Gasteiger partial charge in [-0.15, -0.1) is 0 Å². The fourth-order valence-corrected chi connectivity index (χ4v) is 3.63. The van der Waals surface area contributed by atoms with E-state index in [9.17, 15) is 9.59 Å². The molecule has 0 aliphatic carbocycles. The second-order valence-corrected chi connectivity index (χ2v) is 7.56. The summed E-state index contributed by atoms with van der Waals surface area (Å²) in [4.78, 5) is 27.5. The van der Waals surface area contributed by atoms with Gasteiger partial charge in [0, 0.05) is 12.6 Å². The Bertz CT molecular complexity index is 652. The SMILES string of the molecule is Cc1cccc(OCCNC(=O)C(C)N2CCCC(N(C)CC(=O)O)CC2)c1. The number of hydrogen-bond acceptors (Lipinski definition) is 5. The highest BCUT2D eigenvalue weighted by Gasteiger charge is 2.26. The molecule has 7 heteroatoms. The van der Waals surface area contributed by atoms with Crippen molar-refractivity contribution in [1.82, 2.24) is 15.1 Å². The summed E-state index contributed by atoms with van der Waals surface area (Å²) in [6.45, 7) is 6.55. The number of likely N-dealkylation sites (N-methyl/N-ethyl adjacent to an activating group) is 1. The van der Waals surface area contributed by atoms with Crippen LogP contribution in [0.15, 0.2) is 24.3 Å². The molecule has 1 saturated heterocycles. The number of nitrogens with zero attached hydrogens (tertiary/aromatic N) is 2. The fourth-order valence-electron chi connectivity index (χ4n) is 3.63. The van der Waals surface area contributed by atoms with Gasteiger partial charge in [-0.05, 0) is 64.4 Å². The van der Waals surface area contributed by atoms with Crippen molar-refractivity contribution in [2.75, 3.05) is 39.8 Å². The largest absolute Gasteiger partial charge is 0.492 e. The van der Waals surface area contributed by atoms with Crippen LogP contribution < -0.4 is 10.1 Å². The predicted octanol–water partition coefficient (Wildman–Crippen LogP) is 1.75. The van der Waals surface area contributed by atoms with E-state index in [2.05, 4.69) is 10.2 Å². The van der Waals surface area contributed by atoms with Gasteiger partial charge in [0.2, 0.25) is 5.91 Å². The summed E-state index contributed by atoms with van der Waals surface area (Å²) in [6.07, 6.45) is 2.79. The molecule has 1 aromatic rings. The van der Waals surface area contributed by atoms with Crippen LogP contribution in [-0.4, -0.2) is 78.7 Å². The van der Waals surface area contributed by atoms with Crippen LogP contribution in [0, 0.1) is 6.92 Å². The third-order valence-electron chi connectivity index (χ3n) is 5.33. The highest BCUT2D eigenvalue weighted by atomic mass is 16.5. The predicted molar refractivity (Wildman–Crippen MR) is 109 cm³/mol. The highest BCUT2D eigenvalue weighted by molar-refractivity contribution is 5.81. The van der Waals surface area contributed by atoms with Crippen LogP contribution >= 0.6 is 0 Å². The number of aryl methyl sites for hydroxylation is 1. The Morgan fingerprint density at radius 1 is 1.36 bits per heavy atom. The number of carbonyl (C=O) groups excluding carboxylic acids is 1. The van der Waals surface area contributed by atoms with Crippen LogP contribution in [0.4, 0.5) is 0 Å². The minimum absolute atomic E-state index is 0.00480. The molecule has 156 valence electrons. The molecule has 0 radical (unpaired) electrons. The van der Waals surface area contributed by atoms with Gasteiger partial charge in [0.05, 0.1) is 19.1 Å². The molecule has 2 N–H and O–H groups in total. The van der Waals surface area contributed by atoms with Crippen LogP contribution in [-0.2, 0) is 9.59 Å². The molecule has 0 aromatic heterocycles. The number of amides is 1. The van der Waals surface area contributed by atoms with Crippen molar-refractivity contribution in [2.45, 2.75) is 45.2 Å². The van der Waals surface area contributed by atoms with Gasteiger partial charge < -0.3 is 15.2 Å². The summed E-state index contributed by atoms with van der Waals surface area (Å²) in [5.74, 6) is 0.0146. The second-order valence-electron chi connectivity index (χ2n) is 7.56. The first-order chi connectivity index (χ1) is 13.4. The number of carboxylic acids is 1. The summed E-state index contributed by atoms with van der Waals surface area (Å²) in [5, 5.41) is 11.9. The molecule has 0 spiro atoms. The lowest BCUT2D eigenvalue weighted by Gasteiger charge is -2.28. The van der Waals surface area contributed by atoms with Gasteiger partial charge in [-0.3, -0.25) is 19.4 Å². The normalized spacial score (nSPS) is 19.1. The average Bonchev–Trinajstić information content (AvgIpc) is 2.90. The molecule has 0 saturated carbocycles. The quantitative estimate of drug-likeness (QED) is 0.624. The van der Waals surface area contributed by atoms with Crippen LogP contribution in [0.25, 0.3) is 0 Å². The smallest absolute Gasteiger partial charge is 0.317 e. The minimum Gasteiger partial charge on any atom is -0.492 e. The van der Waals surface area contributed by atoms with Gasteiger partial charge in [0.15, 0.2) is 0 Å². The molecule has 1 fully saturated rings. The molecule has 2 atom stereocenters. The Labute approximate surface area is 167 Å². The van der Waals surface area contributed by atoms with Gasteiger partial charge in [0.25, 0.3) is 0 Å². The van der Waals surface area contributed by atoms with Crippen molar-refractivity contribution in [3.05, 3.63) is 29.8 Å². The number of benzene rings is 1. The number of rotatable bonds is 9. The second kappa shape index (κ2) is 11.0. The number of carbonyl (C=O) groups is 2. The molecule has 1 aliphatic rings. The molecular weight excluding hydrogens is 358 g/mol. The van der Waals surface area contributed by atoms with Crippen molar-refractivity contribution in [1.29, 1.82) is 0 Å². The zero-order chi connectivity index (χ0) is 20.5. The highest BCUT2D eigenvalue weighted by Crippen LogP contribution is 2.17. The topological polar surface area (TPSA) is 82.1 Å². The van der Waals surface area contributed by atoms with E-state index in [-0.39, 0.29) is 24.5 Å². The van der Waals surface area contributed by atoms with E-state index in [0.29, 0.717) is 13.2 Å². The lowest BCUT2D eigenvalue weighted by atomic mass is 10.1. The van der Waals surface area contributed by atoms with E-state index in [1.807, 2.05) is 50.1 Å². The zero-order valence-electron chi connectivity index (χ0n) is 17.2. The summed E-state index contributed by atoms with van der Waals surface area (Å²) in [7, 11) is 1.86. The number of carboxylic acid groups (broad SMARTS) is 1. The Kier molecular flexibility index (Phi) is 8.73. The molecule has 1 aliphatic heterocycles. The lowest BCUT2D eigenvalue weighted by Crippen LogP contribution is -2.46. The van der Waals surface area contributed by atoms with E-state index >= 15 is 0 Å². The van der Waals surface area contributed by atoms with E-state index in [4.69, 9.17) is 9.84 Å². The van der Waals surface area contributed by atoms with Gasteiger partial charge in [-0.1, -0.05) is 12.1 Å². The first-order valence-electron chi connectivity index (χ1n) is 10.00. The molecule has 0 bridgehead atoms. The molecule has 1 aromatic carbocycles. The Morgan fingerprint density at radius 2 is 2.14 bits per heavy atom. The van der Waals surface area contributed by atoms with Crippen molar-refractivity contribution >= 4 is 11.9 Å². The molecule has 1 heterocycles.